The van der Waals surface area contributed by atoms with E-state index in [9.17, 15) is 45.3 Å². The van der Waals surface area contributed by atoms with Crippen molar-refractivity contribution in [2.75, 3.05) is 26.4 Å². The van der Waals surface area contributed by atoms with Crippen molar-refractivity contribution in [1.82, 2.24) is 0 Å². The third-order valence-electron chi connectivity index (χ3n) is 14.0. The van der Waals surface area contributed by atoms with E-state index in [1.165, 1.54) is 116 Å². The van der Waals surface area contributed by atoms with Gasteiger partial charge in [0.2, 0.25) is 0 Å². The Hall–Kier alpha value is -3.06. The van der Waals surface area contributed by atoms with Gasteiger partial charge in [-0.05, 0) is 51.4 Å². The molecular weight excluding hydrogens is 985 g/mol. The number of ether oxygens (including phenoxy) is 6. The average Bonchev–Trinajstić information content (AvgIpc) is 3.43. The molecule has 0 aliphatic carbocycles. The second kappa shape index (κ2) is 47.7. The molecule has 0 radical (unpaired) electrons. The number of esters is 2. The van der Waals surface area contributed by atoms with Crippen LogP contribution < -0.4 is 0 Å². The summed E-state index contributed by atoms with van der Waals surface area (Å²) in [5, 5.41) is 72.3. The fraction of sp³-hybridized carbons (Fsp3) is 0.774. The van der Waals surface area contributed by atoms with E-state index in [0.717, 1.165) is 51.4 Å². The van der Waals surface area contributed by atoms with Crippen LogP contribution in [0.15, 0.2) is 72.9 Å². The Labute approximate surface area is 463 Å². The average molecular weight is 1090 g/mol. The quantitative estimate of drug-likeness (QED) is 0.0171. The van der Waals surface area contributed by atoms with Crippen molar-refractivity contribution in [2.24, 2.45) is 0 Å². The summed E-state index contributed by atoms with van der Waals surface area (Å²) in [5.41, 5.74) is 0. The zero-order valence-corrected chi connectivity index (χ0v) is 47.4. The molecule has 0 bridgehead atoms. The summed E-state index contributed by atoms with van der Waals surface area (Å²) in [4.78, 5) is 25.9. The van der Waals surface area contributed by atoms with Crippen LogP contribution in [0.3, 0.4) is 0 Å². The first-order valence-corrected chi connectivity index (χ1v) is 30.0. The van der Waals surface area contributed by atoms with E-state index in [-0.39, 0.29) is 19.4 Å². The molecule has 11 atom stereocenters. The molecule has 0 aromatic carbocycles. The van der Waals surface area contributed by atoms with Gasteiger partial charge in [0.25, 0.3) is 0 Å². The van der Waals surface area contributed by atoms with E-state index in [1.54, 1.807) is 0 Å². The number of carbonyl (C=O) groups excluding carboxylic acids is 2. The summed E-state index contributed by atoms with van der Waals surface area (Å²) in [5.74, 6) is -1.02. The number of hydrogen-bond donors (Lipinski definition) is 7. The van der Waals surface area contributed by atoms with Crippen LogP contribution in [-0.2, 0) is 38.0 Å². The Morgan fingerprint density at radius 1 is 0.429 bits per heavy atom. The van der Waals surface area contributed by atoms with Gasteiger partial charge in [-0.1, -0.05) is 222 Å². The minimum atomic E-state index is -1.78. The van der Waals surface area contributed by atoms with Gasteiger partial charge in [-0.3, -0.25) is 9.59 Å². The molecule has 0 aromatic heterocycles. The summed E-state index contributed by atoms with van der Waals surface area (Å²) in [6.07, 6.45) is 42.3. The van der Waals surface area contributed by atoms with Crippen LogP contribution >= 0.6 is 0 Å². The fourth-order valence-corrected chi connectivity index (χ4v) is 9.13. The highest BCUT2D eigenvalue weighted by Gasteiger charge is 2.47. The van der Waals surface area contributed by atoms with Gasteiger partial charge in [0.05, 0.1) is 19.8 Å². The first kappa shape index (κ1) is 70.0. The zero-order chi connectivity index (χ0) is 56.0. The third-order valence-corrected chi connectivity index (χ3v) is 14.0. The van der Waals surface area contributed by atoms with Crippen molar-refractivity contribution in [3.05, 3.63) is 72.9 Å². The number of hydrogen-bond acceptors (Lipinski definition) is 15. The number of carbonyl (C=O) groups is 2. The van der Waals surface area contributed by atoms with Gasteiger partial charge < -0.3 is 64.2 Å². The Morgan fingerprint density at radius 3 is 1.26 bits per heavy atom. The van der Waals surface area contributed by atoms with E-state index >= 15 is 0 Å². The van der Waals surface area contributed by atoms with E-state index in [4.69, 9.17) is 28.4 Å². The van der Waals surface area contributed by atoms with Gasteiger partial charge in [0, 0.05) is 12.8 Å². The van der Waals surface area contributed by atoms with Crippen molar-refractivity contribution in [3.63, 3.8) is 0 Å². The van der Waals surface area contributed by atoms with Crippen molar-refractivity contribution < 1.29 is 73.8 Å². The molecule has 4 unspecified atom stereocenters. The number of aliphatic hydroxyl groups excluding tert-OH is 7. The molecule has 2 heterocycles. The maximum absolute atomic E-state index is 13.0. The van der Waals surface area contributed by atoms with Crippen molar-refractivity contribution in [3.8, 4) is 0 Å². The SMILES string of the molecule is CC/C=C/C/C=C/C/C=C/C/C=C/C/C=C/C/C=C/CCC(=O)O[C@@H](COC(=O)CCCCCCCCCCCCCCCCCCCCCCCC)CO[C@@H]1O[C@H](CO[C@@H]2O[C@H](CO)[C@H](O)C(O)C2O)[C@H](O)C(O)C1O. The lowest BCUT2D eigenvalue weighted by atomic mass is 9.98. The number of rotatable bonds is 47. The van der Waals surface area contributed by atoms with Gasteiger partial charge in [-0.15, -0.1) is 0 Å². The summed E-state index contributed by atoms with van der Waals surface area (Å²) in [7, 11) is 0. The van der Waals surface area contributed by atoms with Crippen LogP contribution in [0.4, 0.5) is 0 Å². The second-order valence-corrected chi connectivity index (χ2v) is 20.8. The lowest BCUT2D eigenvalue weighted by Crippen LogP contribution is -2.61. The molecule has 444 valence electrons. The monoisotopic (exact) mass is 1090 g/mol. The molecule has 2 aliphatic rings. The second-order valence-electron chi connectivity index (χ2n) is 20.8. The maximum atomic E-state index is 13.0. The number of aliphatic hydroxyl groups is 7. The van der Waals surface area contributed by atoms with Crippen molar-refractivity contribution >= 4 is 11.9 Å². The summed E-state index contributed by atoms with van der Waals surface area (Å²) >= 11 is 0. The molecule has 0 amide bonds. The molecular formula is C62H106O15. The zero-order valence-electron chi connectivity index (χ0n) is 47.4. The molecule has 2 rings (SSSR count). The van der Waals surface area contributed by atoms with Crippen molar-refractivity contribution in [1.29, 1.82) is 0 Å². The standard InChI is InChI=1S/C62H106O15/c1-3-5-7-9-11-13-15-17-19-21-23-24-25-27-28-30-32-34-36-38-40-42-44-53(64)72-47-50(75-54(65)45-43-41-39-37-35-33-31-29-26-22-20-18-16-14-12-10-8-6-4-2)48-73-61-60(71)58(69)56(67)52(77-61)49-74-62-59(70)57(68)55(66)51(46-63)76-62/h6,8,12,14,18,20,26,29,33,35,39,41,50-52,55-63,66-71H,3-5,7,9-11,13,15-17,19,21-25,27-28,30-32,34,36-38,40,42-49H2,1-2H3/b8-6+,14-12+,20-18+,29-26+,35-33+,41-39+/t50-,51+,52+,55-,56-,57?,58?,59?,60?,61+,62+/m0/s1. The van der Waals surface area contributed by atoms with Crippen molar-refractivity contribution in [2.45, 2.75) is 280 Å². The van der Waals surface area contributed by atoms with Gasteiger partial charge >= 0.3 is 11.9 Å². The summed E-state index contributed by atoms with van der Waals surface area (Å²) in [6.45, 7) is 2.43. The lowest BCUT2D eigenvalue weighted by molar-refractivity contribution is -0.332. The molecule has 77 heavy (non-hydrogen) atoms. The van der Waals surface area contributed by atoms with Gasteiger partial charge in [0.1, 0.15) is 55.4 Å². The van der Waals surface area contributed by atoms with Gasteiger partial charge in [0.15, 0.2) is 18.7 Å². The Kier molecular flexibility index (Phi) is 43.4. The number of unbranched alkanes of at least 4 members (excludes halogenated alkanes) is 21. The first-order valence-electron chi connectivity index (χ1n) is 30.0. The summed E-state index contributed by atoms with van der Waals surface area (Å²) in [6, 6.07) is 0. The molecule has 15 heteroatoms. The van der Waals surface area contributed by atoms with Crippen LogP contribution in [0.25, 0.3) is 0 Å². The van der Waals surface area contributed by atoms with E-state index in [1.807, 2.05) is 12.2 Å². The Bertz CT molecular complexity index is 1610. The number of allylic oxidation sites excluding steroid dienone is 12. The normalized spacial score (nSPS) is 24.7. The van der Waals surface area contributed by atoms with Crippen LogP contribution in [-0.4, -0.2) is 142 Å². The minimum absolute atomic E-state index is 0.0386. The van der Waals surface area contributed by atoms with E-state index < -0.39 is 99.3 Å². The summed E-state index contributed by atoms with van der Waals surface area (Å²) < 4.78 is 33.6. The van der Waals surface area contributed by atoms with Crippen LogP contribution in [0, 0.1) is 0 Å². The first-order chi connectivity index (χ1) is 37.5. The molecule has 0 spiro atoms. The van der Waals surface area contributed by atoms with E-state index in [0.29, 0.717) is 19.3 Å². The minimum Gasteiger partial charge on any atom is -0.462 e. The molecule has 15 nitrogen and oxygen atoms in total. The lowest BCUT2D eigenvalue weighted by Gasteiger charge is -2.42. The third kappa shape index (κ3) is 34.6. The topological polar surface area (TPSA) is 231 Å². The molecule has 7 N–H and O–H groups in total. The molecule has 2 aliphatic heterocycles. The largest absolute Gasteiger partial charge is 0.462 e. The maximum Gasteiger partial charge on any atom is 0.306 e. The van der Waals surface area contributed by atoms with E-state index in [2.05, 4.69) is 74.6 Å². The Morgan fingerprint density at radius 2 is 0.818 bits per heavy atom. The van der Waals surface area contributed by atoms with Gasteiger partial charge in [-0.25, -0.2) is 0 Å². The van der Waals surface area contributed by atoms with Crippen LogP contribution in [0.1, 0.15) is 213 Å². The highest BCUT2D eigenvalue weighted by molar-refractivity contribution is 5.70. The molecule has 0 saturated carbocycles. The highest BCUT2D eigenvalue weighted by atomic mass is 16.7. The molecule has 0 aromatic rings. The Balaban J connectivity index is 1.76. The van der Waals surface area contributed by atoms with Crippen LogP contribution in [0.2, 0.25) is 0 Å². The smallest absolute Gasteiger partial charge is 0.306 e. The molecule has 2 saturated heterocycles. The van der Waals surface area contributed by atoms with Gasteiger partial charge in [-0.2, -0.15) is 0 Å². The van der Waals surface area contributed by atoms with Crippen LogP contribution in [0.5, 0.6) is 0 Å². The predicted octanol–water partition coefficient (Wildman–Crippen LogP) is 10.6. The highest BCUT2D eigenvalue weighted by Crippen LogP contribution is 2.27. The predicted molar refractivity (Wildman–Crippen MR) is 303 cm³/mol. The molecule has 2 fully saturated rings. The fourth-order valence-electron chi connectivity index (χ4n) is 9.13.